The van der Waals surface area contributed by atoms with Crippen LogP contribution in [0.4, 0.5) is 0 Å². The van der Waals surface area contributed by atoms with Gasteiger partial charge >= 0.3 is 0 Å². The molecule has 0 aliphatic heterocycles. The molecule has 0 atom stereocenters. The van der Waals surface area contributed by atoms with Gasteiger partial charge in [0.25, 0.3) is 0 Å². The molecule has 7 nitrogen and oxygen atoms in total. The molecule has 0 amide bonds. The van der Waals surface area contributed by atoms with Crippen molar-refractivity contribution >= 4 is 5.96 Å². The van der Waals surface area contributed by atoms with E-state index in [4.69, 9.17) is 0 Å². The lowest BCUT2D eigenvalue weighted by molar-refractivity contribution is 0.728. The summed E-state index contributed by atoms with van der Waals surface area (Å²) < 4.78 is 3.97. The van der Waals surface area contributed by atoms with Crippen molar-refractivity contribution in [3.63, 3.8) is 0 Å². The van der Waals surface area contributed by atoms with Gasteiger partial charge in [-0.3, -0.25) is 9.67 Å². The molecular weight excluding hydrogens is 338 g/mol. The van der Waals surface area contributed by atoms with E-state index in [1.807, 2.05) is 31.2 Å². The third-order valence-corrected chi connectivity index (χ3v) is 4.72. The van der Waals surface area contributed by atoms with E-state index in [2.05, 4.69) is 61.5 Å². The van der Waals surface area contributed by atoms with Crippen molar-refractivity contribution in [3.8, 4) is 0 Å². The van der Waals surface area contributed by atoms with Crippen LogP contribution in [-0.2, 0) is 26.7 Å². The normalized spacial score (nSPS) is 11.6. The van der Waals surface area contributed by atoms with Crippen LogP contribution < -0.4 is 10.6 Å². The van der Waals surface area contributed by atoms with Gasteiger partial charge in [0.1, 0.15) is 0 Å². The third kappa shape index (κ3) is 4.75. The van der Waals surface area contributed by atoms with Gasteiger partial charge in [0.2, 0.25) is 0 Å². The zero-order valence-corrected chi connectivity index (χ0v) is 16.4. The average molecular weight is 365 g/mol. The summed E-state index contributed by atoms with van der Waals surface area (Å²) >= 11 is 0. The molecular formula is C20H27N7. The van der Waals surface area contributed by atoms with Gasteiger partial charge in [-0.15, -0.1) is 0 Å². The first-order chi connectivity index (χ1) is 13.1. The number of hydrogen-bond acceptors (Lipinski definition) is 3. The minimum Gasteiger partial charge on any atom is -0.352 e. The zero-order valence-electron chi connectivity index (χ0n) is 16.4. The SMILES string of the molecule is CN=C(NCc1ccc(Cn2ccnc2)cc1)NCc1c(C)nn(C)c1C. The standard InChI is InChI=1S/C20H27N7/c1-15-19(16(2)26(4)25-15)12-24-20(21-3)23-11-17-5-7-18(8-6-17)13-27-10-9-22-14-27/h5-10,14H,11-13H2,1-4H3,(H2,21,23,24). The molecule has 0 bridgehead atoms. The second-order valence-corrected chi connectivity index (χ2v) is 6.60. The first-order valence-electron chi connectivity index (χ1n) is 9.04. The van der Waals surface area contributed by atoms with Gasteiger partial charge in [-0.2, -0.15) is 5.10 Å². The number of imidazole rings is 1. The van der Waals surface area contributed by atoms with E-state index < -0.39 is 0 Å². The first kappa shape index (κ1) is 18.7. The largest absolute Gasteiger partial charge is 0.352 e. The molecule has 0 radical (unpaired) electrons. The Morgan fingerprint density at radius 3 is 2.37 bits per heavy atom. The van der Waals surface area contributed by atoms with E-state index in [9.17, 15) is 0 Å². The highest BCUT2D eigenvalue weighted by Gasteiger charge is 2.09. The lowest BCUT2D eigenvalue weighted by Crippen LogP contribution is -2.36. The number of aliphatic imine (C=N–C) groups is 1. The van der Waals surface area contributed by atoms with Crippen molar-refractivity contribution in [2.24, 2.45) is 12.0 Å². The summed E-state index contributed by atoms with van der Waals surface area (Å²) in [5.74, 6) is 0.778. The number of hydrogen-bond donors (Lipinski definition) is 2. The van der Waals surface area contributed by atoms with Crippen LogP contribution in [-0.4, -0.2) is 32.3 Å². The third-order valence-electron chi connectivity index (χ3n) is 4.72. The molecule has 2 aromatic heterocycles. The minimum atomic E-state index is 0.703. The molecule has 2 N–H and O–H groups in total. The van der Waals surface area contributed by atoms with Crippen LogP contribution in [0.15, 0.2) is 48.0 Å². The van der Waals surface area contributed by atoms with Gasteiger partial charge in [0, 0.05) is 57.4 Å². The van der Waals surface area contributed by atoms with Crippen LogP contribution in [0.3, 0.4) is 0 Å². The molecule has 2 heterocycles. The summed E-state index contributed by atoms with van der Waals surface area (Å²) in [6.45, 7) is 6.37. The quantitative estimate of drug-likeness (QED) is 0.519. The lowest BCUT2D eigenvalue weighted by atomic mass is 10.1. The van der Waals surface area contributed by atoms with Crippen LogP contribution in [0.1, 0.15) is 28.1 Å². The molecule has 3 rings (SSSR count). The zero-order chi connectivity index (χ0) is 19.2. The maximum absolute atomic E-state index is 4.45. The highest BCUT2D eigenvalue weighted by atomic mass is 15.3. The first-order valence-corrected chi connectivity index (χ1v) is 9.04. The molecule has 0 saturated carbocycles. The van der Waals surface area contributed by atoms with Crippen molar-refractivity contribution in [2.75, 3.05) is 7.05 Å². The monoisotopic (exact) mass is 365 g/mol. The van der Waals surface area contributed by atoms with Gasteiger partial charge in [-0.25, -0.2) is 4.98 Å². The Morgan fingerprint density at radius 2 is 1.78 bits per heavy atom. The Kier molecular flexibility index (Phi) is 5.90. The summed E-state index contributed by atoms with van der Waals surface area (Å²) in [5.41, 5.74) is 5.89. The van der Waals surface area contributed by atoms with E-state index in [1.165, 1.54) is 22.4 Å². The van der Waals surface area contributed by atoms with Crippen LogP contribution in [0.5, 0.6) is 0 Å². The predicted octanol–water partition coefficient (Wildman–Crippen LogP) is 2.15. The summed E-state index contributed by atoms with van der Waals surface area (Å²) in [5, 5.41) is 11.2. The van der Waals surface area contributed by atoms with Crippen molar-refractivity contribution < 1.29 is 0 Å². The van der Waals surface area contributed by atoms with E-state index in [1.54, 1.807) is 13.2 Å². The van der Waals surface area contributed by atoms with Gasteiger partial charge < -0.3 is 15.2 Å². The highest BCUT2D eigenvalue weighted by Crippen LogP contribution is 2.11. The molecule has 0 spiro atoms. The van der Waals surface area contributed by atoms with Crippen LogP contribution in [0.2, 0.25) is 0 Å². The van der Waals surface area contributed by atoms with E-state index in [0.29, 0.717) is 6.54 Å². The topological polar surface area (TPSA) is 72.1 Å². The summed E-state index contributed by atoms with van der Waals surface area (Å²) in [4.78, 5) is 8.38. The fourth-order valence-electron chi connectivity index (χ4n) is 3.01. The highest BCUT2D eigenvalue weighted by molar-refractivity contribution is 5.79. The fraction of sp³-hybridized carbons (Fsp3) is 0.350. The Bertz CT molecular complexity index is 889. The number of aromatic nitrogens is 4. The average Bonchev–Trinajstić information content (AvgIpc) is 3.26. The van der Waals surface area contributed by atoms with Crippen LogP contribution >= 0.6 is 0 Å². The van der Waals surface area contributed by atoms with E-state index >= 15 is 0 Å². The number of nitrogens with zero attached hydrogens (tertiary/aromatic N) is 5. The molecule has 27 heavy (non-hydrogen) atoms. The summed E-state index contributed by atoms with van der Waals surface area (Å²) in [6, 6.07) is 8.58. The van der Waals surface area contributed by atoms with E-state index in [-0.39, 0.29) is 0 Å². The van der Waals surface area contributed by atoms with Gasteiger partial charge in [-0.1, -0.05) is 24.3 Å². The number of aryl methyl sites for hydroxylation is 2. The Hall–Kier alpha value is -3.09. The molecule has 0 aliphatic carbocycles. The van der Waals surface area contributed by atoms with Crippen molar-refractivity contribution in [1.29, 1.82) is 0 Å². The number of rotatable bonds is 6. The second kappa shape index (κ2) is 8.53. The minimum absolute atomic E-state index is 0.703. The van der Waals surface area contributed by atoms with Crippen molar-refractivity contribution in [1.82, 2.24) is 30.0 Å². The number of nitrogens with one attached hydrogen (secondary N) is 2. The number of guanidine groups is 1. The Morgan fingerprint density at radius 1 is 1.07 bits per heavy atom. The van der Waals surface area contributed by atoms with Gasteiger partial charge in [0.15, 0.2) is 5.96 Å². The molecule has 0 aliphatic rings. The molecule has 0 unspecified atom stereocenters. The Balaban J connectivity index is 1.51. The lowest BCUT2D eigenvalue weighted by Gasteiger charge is -2.13. The molecule has 0 saturated heterocycles. The van der Waals surface area contributed by atoms with E-state index in [0.717, 1.165) is 24.7 Å². The molecule has 7 heteroatoms. The maximum atomic E-state index is 4.45. The maximum Gasteiger partial charge on any atom is 0.191 e. The molecule has 1 aromatic carbocycles. The summed E-state index contributed by atoms with van der Waals surface area (Å²) in [7, 11) is 3.75. The predicted molar refractivity (Wildman–Crippen MR) is 107 cm³/mol. The number of benzene rings is 1. The molecule has 0 fully saturated rings. The van der Waals surface area contributed by atoms with Crippen LogP contribution in [0, 0.1) is 13.8 Å². The van der Waals surface area contributed by atoms with Crippen molar-refractivity contribution in [2.45, 2.75) is 33.5 Å². The van der Waals surface area contributed by atoms with Crippen molar-refractivity contribution in [3.05, 3.63) is 71.1 Å². The smallest absolute Gasteiger partial charge is 0.191 e. The Labute approximate surface area is 160 Å². The fourth-order valence-corrected chi connectivity index (χ4v) is 3.01. The molecule has 3 aromatic rings. The molecule has 142 valence electrons. The second-order valence-electron chi connectivity index (χ2n) is 6.60. The van der Waals surface area contributed by atoms with Crippen LogP contribution in [0.25, 0.3) is 0 Å². The van der Waals surface area contributed by atoms with Gasteiger partial charge in [0.05, 0.1) is 12.0 Å². The summed E-state index contributed by atoms with van der Waals surface area (Å²) in [6.07, 6.45) is 5.60. The van der Waals surface area contributed by atoms with Gasteiger partial charge in [-0.05, 0) is 25.0 Å².